The van der Waals surface area contributed by atoms with Gasteiger partial charge in [-0.2, -0.15) is 11.8 Å². The van der Waals surface area contributed by atoms with Crippen molar-refractivity contribution in [2.24, 2.45) is 10.7 Å². The van der Waals surface area contributed by atoms with Crippen molar-refractivity contribution in [3.63, 3.8) is 0 Å². The molecule has 1 heterocycles. The summed E-state index contributed by atoms with van der Waals surface area (Å²) in [5.41, 5.74) is 5.99. The van der Waals surface area contributed by atoms with Crippen LogP contribution >= 0.6 is 11.8 Å². The van der Waals surface area contributed by atoms with Gasteiger partial charge in [0.15, 0.2) is 5.96 Å². The van der Waals surface area contributed by atoms with Crippen molar-refractivity contribution in [3.05, 3.63) is 24.3 Å². The maximum atomic E-state index is 5.99. The van der Waals surface area contributed by atoms with E-state index in [-0.39, 0.29) is 0 Å². The number of hydrogen-bond donors (Lipinski definition) is 1. The molecule has 1 aromatic carbocycles. The van der Waals surface area contributed by atoms with Gasteiger partial charge in [-0.1, -0.05) is 6.07 Å². The van der Waals surface area contributed by atoms with Crippen molar-refractivity contribution < 1.29 is 9.47 Å². The molecule has 2 N–H and O–H groups in total. The van der Waals surface area contributed by atoms with Crippen LogP contribution in [0.25, 0.3) is 0 Å². The molecule has 0 radical (unpaired) electrons. The van der Waals surface area contributed by atoms with E-state index in [1.54, 1.807) is 7.11 Å². The van der Waals surface area contributed by atoms with Gasteiger partial charge < -0.3 is 20.1 Å². The van der Waals surface area contributed by atoms with Crippen LogP contribution in [-0.2, 0) is 0 Å². The van der Waals surface area contributed by atoms with Crippen LogP contribution in [0.3, 0.4) is 0 Å². The van der Waals surface area contributed by atoms with Crippen LogP contribution in [0.1, 0.15) is 6.42 Å². The lowest BCUT2D eigenvalue weighted by Gasteiger charge is -2.27. The van der Waals surface area contributed by atoms with Gasteiger partial charge in [-0.25, -0.2) is 0 Å². The number of nitrogens with zero attached hydrogens (tertiary/aromatic N) is 2. The van der Waals surface area contributed by atoms with E-state index < -0.39 is 0 Å². The number of hydrogen-bond acceptors (Lipinski definition) is 4. The number of rotatable bonds is 6. The molecule has 0 atom stereocenters. The molecule has 0 unspecified atom stereocenters. The van der Waals surface area contributed by atoms with Crippen LogP contribution in [0.2, 0.25) is 0 Å². The molecule has 0 aliphatic carbocycles. The molecule has 1 saturated heterocycles. The largest absolute Gasteiger partial charge is 0.497 e. The Hall–Kier alpha value is -1.56. The first-order valence-corrected chi connectivity index (χ1v) is 8.34. The normalized spacial score (nSPS) is 15.9. The van der Waals surface area contributed by atoms with Crippen LogP contribution in [0, 0.1) is 0 Å². The SMILES string of the molecule is COc1cccc(OCCCN=C(N)N2CCSCC2)c1. The number of methoxy groups -OCH3 is 1. The zero-order valence-electron chi connectivity index (χ0n) is 12.5. The number of thioether (sulfide) groups is 1. The predicted molar refractivity (Wildman–Crippen MR) is 88.5 cm³/mol. The summed E-state index contributed by atoms with van der Waals surface area (Å²) < 4.78 is 10.8. The van der Waals surface area contributed by atoms with E-state index in [4.69, 9.17) is 15.2 Å². The zero-order chi connectivity index (χ0) is 14.9. The van der Waals surface area contributed by atoms with Gasteiger partial charge in [-0.3, -0.25) is 4.99 Å². The fraction of sp³-hybridized carbons (Fsp3) is 0.533. The van der Waals surface area contributed by atoms with Crippen LogP contribution in [0.15, 0.2) is 29.3 Å². The molecule has 5 nitrogen and oxygen atoms in total. The molecule has 0 saturated carbocycles. The Kier molecular flexibility index (Phi) is 6.53. The van der Waals surface area contributed by atoms with Crippen LogP contribution in [0.5, 0.6) is 11.5 Å². The van der Waals surface area contributed by atoms with Crippen molar-refractivity contribution in [3.8, 4) is 11.5 Å². The average Bonchev–Trinajstić information content (AvgIpc) is 2.55. The third-order valence-corrected chi connectivity index (χ3v) is 4.16. The minimum atomic E-state index is 0.625. The Morgan fingerprint density at radius 1 is 1.33 bits per heavy atom. The van der Waals surface area contributed by atoms with Crippen LogP contribution in [-0.4, -0.2) is 55.7 Å². The van der Waals surface area contributed by atoms with Gasteiger partial charge in [0.1, 0.15) is 11.5 Å². The predicted octanol–water partition coefficient (Wildman–Crippen LogP) is 1.83. The summed E-state index contributed by atoms with van der Waals surface area (Å²) in [5, 5.41) is 0. The third-order valence-electron chi connectivity index (χ3n) is 3.22. The highest BCUT2D eigenvalue weighted by Gasteiger charge is 2.11. The van der Waals surface area contributed by atoms with Crippen molar-refractivity contribution in [1.82, 2.24) is 4.90 Å². The van der Waals surface area contributed by atoms with Crippen molar-refractivity contribution in [1.29, 1.82) is 0 Å². The molecule has 1 aliphatic rings. The first kappa shape index (κ1) is 15.8. The molecule has 1 fully saturated rings. The molecular formula is C15H23N3O2S. The molecule has 0 bridgehead atoms. The Morgan fingerprint density at radius 2 is 2.10 bits per heavy atom. The van der Waals surface area contributed by atoms with E-state index in [2.05, 4.69) is 9.89 Å². The molecule has 2 rings (SSSR count). The second kappa shape index (κ2) is 8.67. The molecule has 0 amide bonds. The van der Waals surface area contributed by atoms with Crippen LogP contribution in [0.4, 0.5) is 0 Å². The number of ether oxygens (including phenoxy) is 2. The minimum Gasteiger partial charge on any atom is -0.497 e. The van der Waals surface area contributed by atoms with Crippen molar-refractivity contribution in [2.75, 3.05) is 44.9 Å². The number of nitrogens with two attached hydrogens (primary N) is 1. The Bertz CT molecular complexity index is 462. The van der Waals surface area contributed by atoms with Gasteiger partial charge in [-0.15, -0.1) is 0 Å². The number of guanidine groups is 1. The summed E-state index contributed by atoms with van der Waals surface area (Å²) in [6.07, 6.45) is 0.848. The summed E-state index contributed by atoms with van der Waals surface area (Å²) in [4.78, 5) is 6.57. The van der Waals surface area contributed by atoms with Crippen molar-refractivity contribution >= 4 is 17.7 Å². The van der Waals surface area contributed by atoms with E-state index >= 15 is 0 Å². The first-order valence-electron chi connectivity index (χ1n) is 7.19. The highest BCUT2D eigenvalue weighted by atomic mass is 32.2. The maximum Gasteiger partial charge on any atom is 0.191 e. The van der Waals surface area contributed by atoms with Gasteiger partial charge in [-0.05, 0) is 12.1 Å². The first-order chi connectivity index (χ1) is 10.3. The molecule has 0 spiro atoms. The van der Waals surface area contributed by atoms with E-state index in [0.717, 1.165) is 42.5 Å². The summed E-state index contributed by atoms with van der Waals surface area (Å²) in [6.45, 7) is 3.32. The highest BCUT2D eigenvalue weighted by molar-refractivity contribution is 7.99. The monoisotopic (exact) mass is 309 g/mol. The Morgan fingerprint density at radius 3 is 2.86 bits per heavy atom. The lowest BCUT2D eigenvalue weighted by molar-refractivity contribution is 0.310. The highest BCUT2D eigenvalue weighted by Crippen LogP contribution is 2.18. The summed E-state index contributed by atoms with van der Waals surface area (Å²) in [6, 6.07) is 7.61. The number of benzene rings is 1. The maximum absolute atomic E-state index is 5.99. The number of aliphatic imine (C=N–C) groups is 1. The lowest BCUT2D eigenvalue weighted by Crippen LogP contribution is -2.42. The molecular weight excluding hydrogens is 286 g/mol. The van der Waals surface area contributed by atoms with Gasteiger partial charge in [0.2, 0.25) is 0 Å². The summed E-state index contributed by atoms with van der Waals surface area (Å²) in [7, 11) is 1.65. The topological polar surface area (TPSA) is 60.1 Å². The molecule has 21 heavy (non-hydrogen) atoms. The second-order valence-electron chi connectivity index (χ2n) is 4.72. The second-order valence-corrected chi connectivity index (χ2v) is 5.95. The van der Waals surface area contributed by atoms with E-state index in [1.807, 2.05) is 36.0 Å². The Labute approximate surface area is 130 Å². The molecule has 1 aromatic rings. The van der Waals surface area contributed by atoms with E-state index in [9.17, 15) is 0 Å². The standard InChI is InChI=1S/C15H23N3O2S/c1-19-13-4-2-5-14(12-13)20-9-3-6-17-15(16)18-7-10-21-11-8-18/h2,4-5,12H,3,6-11H2,1H3,(H2,16,17). The molecule has 1 aliphatic heterocycles. The van der Waals surface area contributed by atoms with Gasteiger partial charge in [0.05, 0.1) is 13.7 Å². The quantitative estimate of drug-likeness (QED) is 0.493. The summed E-state index contributed by atoms with van der Waals surface area (Å²) >= 11 is 1.97. The molecule has 6 heteroatoms. The van der Waals surface area contributed by atoms with Crippen LogP contribution < -0.4 is 15.2 Å². The zero-order valence-corrected chi connectivity index (χ0v) is 13.3. The Balaban J connectivity index is 1.66. The van der Waals surface area contributed by atoms with E-state index in [1.165, 1.54) is 0 Å². The van der Waals surface area contributed by atoms with E-state index in [0.29, 0.717) is 19.1 Å². The lowest BCUT2D eigenvalue weighted by atomic mass is 10.3. The van der Waals surface area contributed by atoms with Gasteiger partial charge in [0, 0.05) is 43.6 Å². The summed E-state index contributed by atoms with van der Waals surface area (Å²) in [5.74, 6) is 4.55. The van der Waals surface area contributed by atoms with Crippen molar-refractivity contribution in [2.45, 2.75) is 6.42 Å². The van der Waals surface area contributed by atoms with Gasteiger partial charge >= 0.3 is 0 Å². The fourth-order valence-corrected chi connectivity index (χ4v) is 2.93. The van der Waals surface area contributed by atoms with Gasteiger partial charge in [0.25, 0.3) is 0 Å². The molecule has 116 valence electrons. The third kappa shape index (κ3) is 5.38. The minimum absolute atomic E-state index is 0.625. The smallest absolute Gasteiger partial charge is 0.191 e. The molecule has 0 aromatic heterocycles. The average molecular weight is 309 g/mol. The fourth-order valence-electron chi connectivity index (χ4n) is 2.03.